The van der Waals surface area contributed by atoms with E-state index >= 15 is 0 Å². The van der Waals surface area contributed by atoms with Gasteiger partial charge in [0.05, 0.1) is 24.8 Å². The number of carbonyl (C=O) groups excluding carboxylic acids is 1. The molecule has 174 valence electrons. The summed E-state index contributed by atoms with van der Waals surface area (Å²) < 4.78 is 52.0. The van der Waals surface area contributed by atoms with Gasteiger partial charge in [-0.25, -0.2) is 12.8 Å². The van der Waals surface area contributed by atoms with E-state index in [1.807, 2.05) is 19.9 Å². The van der Waals surface area contributed by atoms with Crippen LogP contribution in [-0.4, -0.2) is 35.1 Å². The first-order valence-corrected chi connectivity index (χ1v) is 11.5. The number of sulfonamides is 1. The Kier molecular flexibility index (Phi) is 7.23. The van der Waals surface area contributed by atoms with Gasteiger partial charge in [-0.3, -0.25) is 9.10 Å². The molecule has 0 spiro atoms. The number of carbonyl (C=O) groups is 1. The van der Waals surface area contributed by atoms with Crippen molar-refractivity contribution in [3.8, 4) is 11.5 Å². The molecule has 1 N–H and O–H groups in total. The molecular weight excluding hydrogens is 447 g/mol. The van der Waals surface area contributed by atoms with Gasteiger partial charge in [-0.1, -0.05) is 6.07 Å². The van der Waals surface area contributed by atoms with Gasteiger partial charge in [0.15, 0.2) is 11.5 Å². The van der Waals surface area contributed by atoms with E-state index in [-0.39, 0.29) is 10.6 Å². The molecule has 0 saturated heterocycles. The first-order chi connectivity index (χ1) is 15.6. The summed E-state index contributed by atoms with van der Waals surface area (Å²) in [4.78, 5) is 12.7. The maximum atomic E-state index is 13.7. The van der Waals surface area contributed by atoms with E-state index < -0.39 is 28.3 Å². The van der Waals surface area contributed by atoms with Crippen LogP contribution in [0.15, 0.2) is 65.6 Å². The molecular formula is C24H25FN2O5S. The second-order valence-corrected chi connectivity index (χ2v) is 9.29. The fraction of sp³-hybridized carbons (Fsp3) is 0.208. The predicted octanol–water partition coefficient (Wildman–Crippen LogP) is 4.29. The molecule has 0 aliphatic rings. The highest BCUT2D eigenvalue weighted by molar-refractivity contribution is 7.92. The zero-order valence-corrected chi connectivity index (χ0v) is 19.6. The fourth-order valence-corrected chi connectivity index (χ4v) is 4.80. The van der Waals surface area contributed by atoms with E-state index in [4.69, 9.17) is 9.47 Å². The van der Waals surface area contributed by atoms with E-state index in [1.165, 1.54) is 56.7 Å². The third-order valence-electron chi connectivity index (χ3n) is 4.85. The molecule has 0 aliphatic heterocycles. The van der Waals surface area contributed by atoms with Crippen molar-refractivity contribution >= 4 is 27.3 Å². The summed E-state index contributed by atoms with van der Waals surface area (Å²) in [5.41, 5.74) is 2.38. The third-order valence-corrected chi connectivity index (χ3v) is 6.62. The summed E-state index contributed by atoms with van der Waals surface area (Å²) in [6, 6.07) is 14.7. The number of benzene rings is 3. The number of nitrogens with one attached hydrogen (secondary N) is 1. The molecule has 1 amide bonds. The van der Waals surface area contributed by atoms with Gasteiger partial charge >= 0.3 is 0 Å². The smallest absolute Gasteiger partial charge is 0.264 e. The molecule has 0 heterocycles. The van der Waals surface area contributed by atoms with Crippen molar-refractivity contribution in [3.63, 3.8) is 0 Å². The lowest BCUT2D eigenvalue weighted by atomic mass is 10.1. The number of rotatable bonds is 8. The van der Waals surface area contributed by atoms with Crippen molar-refractivity contribution in [1.82, 2.24) is 0 Å². The normalized spacial score (nSPS) is 11.1. The molecule has 0 aliphatic carbocycles. The Morgan fingerprint density at radius 3 is 2.09 bits per heavy atom. The lowest BCUT2D eigenvalue weighted by molar-refractivity contribution is -0.114. The molecule has 0 atom stereocenters. The maximum absolute atomic E-state index is 13.7. The molecule has 0 radical (unpaired) electrons. The van der Waals surface area contributed by atoms with Crippen LogP contribution in [0.25, 0.3) is 0 Å². The number of ether oxygens (including phenoxy) is 2. The summed E-state index contributed by atoms with van der Waals surface area (Å²) in [5.74, 6) is -0.399. The minimum Gasteiger partial charge on any atom is -0.493 e. The van der Waals surface area contributed by atoms with Gasteiger partial charge in [0.25, 0.3) is 10.0 Å². The summed E-state index contributed by atoms with van der Waals surface area (Å²) in [6.45, 7) is 3.20. The van der Waals surface area contributed by atoms with Crippen LogP contribution >= 0.6 is 0 Å². The topological polar surface area (TPSA) is 84.9 Å². The fourth-order valence-electron chi connectivity index (χ4n) is 3.38. The monoisotopic (exact) mass is 472 g/mol. The minimum atomic E-state index is -4.16. The summed E-state index contributed by atoms with van der Waals surface area (Å²) in [6.07, 6.45) is 0. The molecule has 0 aromatic heterocycles. The Hall–Kier alpha value is -3.59. The van der Waals surface area contributed by atoms with Crippen LogP contribution in [0.2, 0.25) is 0 Å². The summed E-state index contributed by atoms with van der Waals surface area (Å²) in [7, 11) is -1.30. The number of hydrogen-bond donors (Lipinski definition) is 1. The first kappa shape index (κ1) is 24.1. The molecule has 3 rings (SSSR count). The highest BCUT2D eigenvalue weighted by Gasteiger charge is 2.28. The van der Waals surface area contributed by atoms with Crippen LogP contribution in [-0.2, 0) is 14.8 Å². The molecule has 0 unspecified atom stereocenters. The molecule has 0 saturated carbocycles. The molecule has 0 bridgehead atoms. The van der Waals surface area contributed by atoms with Gasteiger partial charge in [-0.15, -0.1) is 0 Å². The summed E-state index contributed by atoms with van der Waals surface area (Å²) in [5, 5.41) is 2.61. The maximum Gasteiger partial charge on any atom is 0.264 e. The van der Waals surface area contributed by atoms with Crippen LogP contribution in [0.1, 0.15) is 11.1 Å². The Morgan fingerprint density at radius 2 is 1.52 bits per heavy atom. The van der Waals surface area contributed by atoms with Gasteiger partial charge in [-0.2, -0.15) is 0 Å². The van der Waals surface area contributed by atoms with Crippen molar-refractivity contribution in [3.05, 3.63) is 77.6 Å². The van der Waals surface area contributed by atoms with Crippen LogP contribution in [0, 0.1) is 19.7 Å². The molecule has 7 nitrogen and oxygen atoms in total. The number of methoxy groups -OCH3 is 2. The number of nitrogens with zero attached hydrogens (tertiary/aromatic N) is 1. The largest absolute Gasteiger partial charge is 0.493 e. The lowest BCUT2D eigenvalue weighted by Gasteiger charge is -2.25. The first-order valence-electron chi connectivity index (χ1n) is 10.0. The Balaban J connectivity index is 2.02. The number of hydrogen-bond acceptors (Lipinski definition) is 5. The number of anilines is 2. The van der Waals surface area contributed by atoms with Crippen molar-refractivity contribution in [2.24, 2.45) is 0 Å². The van der Waals surface area contributed by atoms with Crippen LogP contribution in [0.3, 0.4) is 0 Å². The van der Waals surface area contributed by atoms with E-state index in [2.05, 4.69) is 5.32 Å². The number of halogens is 1. The van der Waals surface area contributed by atoms with Crippen molar-refractivity contribution in [2.75, 3.05) is 30.4 Å². The van der Waals surface area contributed by atoms with Gasteiger partial charge in [0, 0.05) is 11.8 Å². The molecule has 3 aromatic rings. The zero-order valence-electron chi connectivity index (χ0n) is 18.8. The van der Waals surface area contributed by atoms with Gasteiger partial charge in [-0.05, 0) is 73.5 Å². The third kappa shape index (κ3) is 5.61. The van der Waals surface area contributed by atoms with Gasteiger partial charge in [0.1, 0.15) is 12.4 Å². The Morgan fingerprint density at radius 1 is 0.909 bits per heavy atom. The predicted molar refractivity (Wildman–Crippen MR) is 125 cm³/mol. The highest BCUT2D eigenvalue weighted by Crippen LogP contribution is 2.32. The summed E-state index contributed by atoms with van der Waals surface area (Å²) >= 11 is 0. The van der Waals surface area contributed by atoms with E-state index in [0.29, 0.717) is 17.1 Å². The van der Waals surface area contributed by atoms with Crippen molar-refractivity contribution in [1.29, 1.82) is 0 Å². The van der Waals surface area contributed by atoms with Crippen LogP contribution in [0.4, 0.5) is 15.8 Å². The molecule has 3 aromatic carbocycles. The number of aryl methyl sites for hydroxylation is 2. The molecule has 0 fully saturated rings. The standard InChI is InChI=1S/C24H25FN2O5S/c1-16-11-17(2)13-20(12-16)27(15-24(28)26-19-7-5-18(25)6-8-19)33(29,30)21-9-10-22(31-3)23(14-21)32-4/h5-14H,15H2,1-4H3,(H,26,28). The average Bonchev–Trinajstić information content (AvgIpc) is 2.77. The van der Waals surface area contributed by atoms with E-state index in [9.17, 15) is 17.6 Å². The van der Waals surface area contributed by atoms with E-state index in [0.717, 1.165) is 15.4 Å². The lowest BCUT2D eigenvalue weighted by Crippen LogP contribution is -2.38. The van der Waals surface area contributed by atoms with E-state index in [1.54, 1.807) is 12.1 Å². The molecule has 9 heteroatoms. The van der Waals surface area contributed by atoms with Gasteiger partial charge in [0.2, 0.25) is 5.91 Å². The minimum absolute atomic E-state index is 0.0612. The second-order valence-electron chi connectivity index (χ2n) is 7.43. The Labute approximate surface area is 192 Å². The SMILES string of the molecule is COc1ccc(S(=O)(=O)N(CC(=O)Nc2ccc(F)cc2)c2cc(C)cc(C)c2)cc1OC. The molecule has 33 heavy (non-hydrogen) atoms. The number of amides is 1. The van der Waals surface area contributed by atoms with Crippen molar-refractivity contribution < 1.29 is 27.1 Å². The van der Waals surface area contributed by atoms with Crippen molar-refractivity contribution in [2.45, 2.75) is 18.7 Å². The zero-order chi connectivity index (χ0) is 24.2. The Bertz CT molecular complexity index is 1240. The van der Waals surface area contributed by atoms with Crippen LogP contribution in [0.5, 0.6) is 11.5 Å². The average molecular weight is 473 g/mol. The quantitative estimate of drug-likeness (QED) is 0.529. The second kappa shape index (κ2) is 9.91. The van der Waals surface area contributed by atoms with Crippen LogP contribution < -0.4 is 19.1 Å². The van der Waals surface area contributed by atoms with Gasteiger partial charge < -0.3 is 14.8 Å². The highest BCUT2D eigenvalue weighted by atomic mass is 32.2.